The molecule has 30 heavy (non-hydrogen) atoms. The predicted molar refractivity (Wildman–Crippen MR) is 114 cm³/mol. The molecule has 0 bridgehead atoms. The van der Waals surface area contributed by atoms with Crippen molar-refractivity contribution in [3.05, 3.63) is 95.6 Å². The van der Waals surface area contributed by atoms with Crippen molar-refractivity contribution in [1.29, 1.82) is 0 Å². The Balaban J connectivity index is 1.77. The maximum absolute atomic E-state index is 13.1. The van der Waals surface area contributed by atoms with Crippen molar-refractivity contribution in [2.45, 2.75) is 26.1 Å². The molecule has 0 saturated carbocycles. The number of hydrogen-bond acceptors (Lipinski definition) is 3. The van der Waals surface area contributed by atoms with Crippen LogP contribution in [0.1, 0.15) is 22.7 Å². The smallest absolute Gasteiger partial charge is 0.387 e. The number of nitrogens with one attached hydrogen (secondary N) is 1. The van der Waals surface area contributed by atoms with Gasteiger partial charge in [0.1, 0.15) is 11.8 Å². The van der Waals surface area contributed by atoms with Gasteiger partial charge >= 0.3 is 6.61 Å². The highest BCUT2D eigenvalue weighted by Gasteiger charge is 2.25. The third kappa shape index (κ3) is 5.87. The van der Waals surface area contributed by atoms with Crippen molar-refractivity contribution >= 4 is 11.6 Å². The van der Waals surface area contributed by atoms with E-state index < -0.39 is 12.7 Å². The standard InChI is InChI=1S/C24H24F2N2O2/c1-17-8-12-20(13-9-17)27-23(29)22(19-6-4-3-5-7-19)28(2)16-18-10-14-21(15-11-18)30-24(25)26/h3-15,22,24H,16H2,1-2H3,(H,27,29). The van der Waals surface area contributed by atoms with Gasteiger partial charge < -0.3 is 10.1 Å². The number of hydrogen-bond donors (Lipinski definition) is 1. The number of amides is 1. The molecule has 1 N–H and O–H groups in total. The molecule has 0 saturated heterocycles. The molecule has 0 heterocycles. The molecular formula is C24H24F2N2O2. The van der Waals surface area contributed by atoms with Crippen molar-refractivity contribution in [1.82, 2.24) is 4.90 Å². The maximum Gasteiger partial charge on any atom is 0.387 e. The largest absolute Gasteiger partial charge is 0.435 e. The normalized spacial score (nSPS) is 12.1. The number of rotatable bonds is 8. The fraction of sp³-hybridized carbons (Fsp3) is 0.208. The Morgan fingerprint density at radius 2 is 1.60 bits per heavy atom. The molecule has 1 atom stereocenters. The lowest BCUT2D eigenvalue weighted by Gasteiger charge is -2.28. The van der Waals surface area contributed by atoms with Crippen LogP contribution in [0.2, 0.25) is 0 Å². The van der Waals surface area contributed by atoms with Gasteiger partial charge in [-0.05, 0) is 49.4 Å². The Kier molecular flexibility index (Phi) is 7.14. The van der Waals surface area contributed by atoms with Gasteiger partial charge in [0.15, 0.2) is 0 Å². The average molecular weight is 410 g/mol. The Labute approximate surface area is 175 Å². The molecule has 1 unspecified atom stereocenters. The first kappa shape index (κ1) is 21.5. The molecule has 3 rings (SSSR count). The molecule has 0 radical (unpaired) electrons. The molecule has 0 aliphatic heterocycles. The Morgan fingerprint density at radius 3 is 2.20 bits per heavy atom. The van der Waals surface area contributed by atoms with Crippen LogP contribution >= 0.6 is 0 Å². The van der Waals surface area contributed by atoms with E-state index in [0.29, 0.717) is 6.54 Å². The third-order valence-corrected chi connectivity index (χ3v) is 4.70. The third-order valence-electron chi connectivity index (χ3n) is 4.70. The van der Waals surface area contributed by atoms with Crippen LogP contribution in [0.3, 0.4) is 0 Å². The highest BCUT2D eigenvalue weighted by molar-refractivity contribution is 5.95. The summed E-state index contributed by atoms with van der Waals surface area (Å²) < 4.78 is 29.1. The van der Waals surface area contributed by atoms with Gasteiger partial charge in [-0.2, -0.15) is 8.78 Å². The van der Waals surface area contributed by atoms with Gasteiger partial charge in [0.05, 0.1) is 0 Å². The van der Waals surface area contributed by atoms with Crippen LogP contribution in [0.15, 0.2) is 78.9 Å². The first-order valence-electron chi connectivity index (χ1n) is 9.59. The number of alkyl halides is 2. The van der Waals surface area contributed by atoms with E-state index in [-0.39, 0.29) is 11.7 Å². The number of carbonyl (C=O) groups is 1. The van der Waals surface area contributed by atoms with Crippen LogP contribution < -0.4 is 10.1 Å². The van der Waals surface area contributed by atoms with Gasteiger partial charge in [-0.25, -0.2) is 0 Å². The zero-order valence-corrected chi connectivity index (χ0v) is 16.9. The van der Waals surface area contributed by atoms with Crippen molar-refractivity contribution in [3.63, 3.8) is 0 Å². The second kappa shape index (κ2) is 9.98. The van der Waals surface area contributed by atoms with Crippen LogP contribution in [-0.4, -0.2) is 24.5 Å². The molecule has 0 aliphatic rings. The van der Waals surface area contributed by atoms with Gasteiger partial charge in [-0.3, -0.25) is 9.69 Å². The summed E-state index contributed by atoms with van der Waals surface area (Å²) in [5.41, 5.74) is 3.59. The first-order valence-corrected chi connectivity index (χ1v) is 9.59. The van der Waals surface area contributed by atoms with Gasteiger partial charge in [-0.15, -0.1) is 0 Å². The Hall–Kier alpha value is -3.25. The number of aryl methyl sites for hydroxylation is 1. The SMILES string of the molecule is Cc1ccc(NC(=O)C(c2ccccc2)N(C)Cc2ccc(OC(F)F)cc2)cc1. The maximum atomic E-state index is 13.1. The van der Waals surface area contributed by atoms with Crippen molar-refractivity contribution in [3.8, 4) is 5.75 Å². The molecule has 0 aliphatic carbocycles. The fourth-order valence-corrected chi connectivity index (χ4v) is 3.24. The minimum atomic E-state index is -2.86. The summed E-state index contributed by atoms with van der Waals surface area (Å²) in [5, 5.41) is 2.98. The summed E-state index contributed by atoms with van der Waals surface area (Å²) in [5.74, 6) is -0.0432. The van der Waals surface area contributed by atoms with E-state index in [1.54, 1.807) is 12.1 Å². The number of ether oxygens (including phenoxy) is 1. The predicted octanol–water partition coefficient (Wildman–Crippen LogP) is 5.41. The molecule has 4 nitrogen and oxygen atoms in total. The summed E-state index contributed by atoms with van der Waals surface area (Å²) in [6.07, 6.45) is 0. The first-order chi connectivity index (χ1) is 14.4. The van der Waals surface area contributed by atoms with E-state index in [2.05, 4.69) is 10.1 Å². The van der Waals surface area contributed by atoms with E-state index in [1.165, 1.54) is 12.1 Å². The zero-order valence-electron chi connectivity index (χ0n) is 16.9. The molecule has 3 aromatic rings. The summed E-state index contributed by atoms with van der Waals surface area (Å²) in [7, 11) is 1.86. The summed E-state index contributed by atoms with van der Waals surface area (Å²) >= 11 is 0. The number of likely N-dealkylation sites (N-methyl/N-ethyl adjacent to an activating group) is 1. The number of anilines is 1. The highest BCUT2D eigenvalue weighted by atomic mass is 19.3. The van der Waals surface area contributed by atoms with Gasteiger partial charge in [0, 0.05) is 12.2 Å². The topological polar surface area (TPSA) is 41.6 Å². The van der Waals surface area contributed by atoms with Crippen molar-refractivity contribution < 1.29 is 18.3 Å². The molecular weight excluding hydrogens is 386 g/mol. The van der Waals surface area contributed by atoms with Crippen molar-refractivity contribution in [2.24, 2.45) is 0 Å². The second-order valence-corrected chi connectivity index (χ2v) is 7.11. The molecule has 0 fully saturated rings. The lowest BCUT2D eigenvalue weighted by Crippen LogP contribution is -2.34. The fourth-order valence-electron chi connectivity index (χ4n) is 3.24. The molecule has 1 amide bonds. The zero-order chi connectivity index (χ0) is 21.5. The van der Waals surface area contributed by atoms with E-state index >= 15 is 0 Å². The minimum absolute atomic E-state index is 0.105. The number of benzene rings is 3. The number of halogens is 2. The summed E-state index contributed by atoms with van der Waals surface area (Å²) in [6, 6.07) is 23.1. The summed E-state index contributed by atoms with van der Waals surface area (Å²) in [6.45, 7) is -0.411. The lowest BCUT2D eigenvalue weighted by molar-refractivity contribution is -0.121. The summed E-state index contributed by atoms with van der Waals surface area (Å²) in [4.78, 5) is 15.1. The van der Waals surface area contributed by atoms with Crippen LogP contribution in [0.4, 0.5) is 14.5 Å². The Bertz CT molecular complexity index is 945. The molecule has 0 spiro atoms. The quantitative estimate of drug-likeness (QED) is 0.540. The number of carbonyl (C=O) groups excluding carboxylic acids is 1. The van der Waals surface area contributed by atoms with Gasteiger partial charge in [-0.1, -0.05) is 60.2 Å². The molecule has 3 aromatic carbocycles. The minimum Gasteiger partial charge on any atom is -0.435 e. The molecule has 6 heteroatoms. The van der Waals surface area contributed by atoms with Crippen LogP contribution in [-0.2, 0) is 11.3 Å². The lowest BCUT2D eigenvalue weighted by atomic mass is 10.0. The molecule has 0 aromatic heterocycles. The van der Waals surface area contributed by atoms with Crippen LogP contribution in [0.25, 0.3) is 0 Å². The van der Waals surface area contributed by atoms with Gasteiger partial charge in [0.25, 0.3) is 0 Å². The second-order valence-electron chi connectivity index (χ2n) is 7.11. The van der Waals surface area contributed by atoms with E-state index in [9.17, 15) is 13.6 Å². The Morgan fingerprint density at radius 1 is 0.967 bits per heavy atom. The van der Waals surface area contributed by atoms with Crippen LogP contribution in [0.5, 0.6) is 5.75 Å². The average Bonchev–Trinajstić information content (AvgIpc) is 2.72. The van der Waals surface area contributed by atoms with Gasteiger partial charge in [0.2, 0.25) is 5.91 Å². The number of nitrogens with zero attached hydrogens (tertiary/aromatic N) is 1. The van der Waals surface area contributed by atoms with Crippen LogP contribution in [0, 0.1) is 6.92 Å². The molecule has 156 valence electrons. The van der Waals surface area contributed by atoms with E-state index in [1.807, 2.05) is 73.5 Å². The van der Waals surface area contributed by atoms with E-state index in [0.717, 1.165) is 22.4 Å². The highest BCUT2D eigenvalue weighted by Crippen LogP contribution is 2.24. The monoisotopic (exact) mass is 410 g/mol. The van der Waals surface area contributed by atoms with E-state index in [4.69, 9.17) is 0 Å². The van der Waals surface area contributed by atoms with Crippen molar-refractivity contribution in [2.75, 3.05) is 12.4 Å².